The second-order valence-corrected chi connectivity index (χ2v) is 28.0. The van der Waals surface area contributed by atoms with Gasteiger partial charge in [-0.1, -0.05) is 249 Å². The van der Waals surface area contributed by atoms with E-state index < -0.39 is 0 Å². The molecule has 1 aromatic heterocycles. The van der Waals surface area contributed by atoms with Crippen LogP contribution in [-0.2, 0) is 27.1 Å². The molecule has 12 aromatic rings. The fourth-order valence-electron chi connectivity index (χ4n) is 12.1. The second-order valence-electron chi connectivity index (χ2n) is 28.0. The van der Waals surface area contributed by atoms with E-state index in [1.54, 1.807) is 0 Å². The third-order valence-electron chi connectivity index (χ3n) is 17.1. The Morgan fingerprint density at radius 1 is 0.287 bits per heavy atom. The fraction of sp³-hybridized carbons (Fsp3) is 0.256. The molecule has 80 heavy (non-hydrogen) atoms. The Hall–Kier alpha value is -7.94. The maximum Gasteiger partial charge on any atom is 0.0543 e. The highest BCUT2D eigenvalue weighted by Gasteiger charge is 2.27. The molecule has 12 rings (SSSR count). The maximum absolute atomic E-state index is 2.54. The zero-order valence-electron chi connectivity index (χ0n) is 49.9. The number of benzene rings is 11. The molecule has 0 aliphatic carbocycles. The van der Waals surface area contributed by atoms with Crippen molar-refractivity contribution in [2.45, 2.75) is 131 Å². The zero-order valence-corrected chi connectivity index (χ0v) is 49.9. The second kappa shape index (κ2) is 18.8. The SMILES string of the molecule is CC(C)(C)c1cc(-c2ccc(-c3ccc(N(c4cc(C(C)(C)C)ccc4-c4ccccc4)c4ccc5ccc6c(-n7c8ccc(C(C)(C)C)cc8c8cc(C(C)(C)C)ccc87)ccc7ccc4c5c76)cc3)cc2)cc(C(C)(C)C)c1. The summed E-state index contributed by atoms with van der Waals surface area (Å²) in [6, 6.07) is 76.9. The molecule has 2 heteroatoms. The van der Waals surface area contributed by atoms with Crippen LogP contribution in [0.25, 0.3) is 93.2 Å². The van der Waals surface area contributed by atoms with Crippen LogP contribution >= 0.6 is 0 Å². The molecule has 0 aliphatic heterocycles. The normalized spacial score (nSPS) is 12.9. The average Bonchev–Trinajstić information content (AvgIpc) is 3.86. The van der Waals surface area contributed by atoms with Crippen molar-refractivity contribution in [3.05, 3.63) is 228 Å². The van der Waals surface area contributed by atoms with Gasteiger partial charge in [-0.2, -0.15) is 0 Å². The van der Waals surface area contributed by atoms with E-state index >= 15 is 0 Å². The largest absolute Gasteiger partial charge is 0.309 e. The number of rotatable bonds is 7. The van der Waals surface area contributed by atoms with Gasteiger partial charge in [0.25, 0.3) is 0 Å². The molecule has 11 aromatic carbocycles. The summed E-state index contributed by atoms with van der Waals surface area (Å²) in [5.41, 5.74) is 21.1. The maximum atomic E-state index is 2.54. The van der Waals surface area contributed by atoms with Crippen molar-refractivity contribution in [3.63, 3.8) is 0 Å². The molecule has 0 amide bonds. The fourth-order valence-corrected chi connectivity index (χ4v) is 12.1. The first kappa shape index (κ1) is 52.7. The minimum absolute atomic E-state index is 0.0182. The third-order valence-corrected chi connectivity index (χ3v) is 17.1. The Morgan fingerprint density at radius 2 is 0.725 bits per heavy atom. The van der Waals surface area contributed by atoms with Crippen LogP contribution in [0.5, 0.6) is 0 Å². The van der Waals surface area contributed by atoms with Gasteiger partial charge < -0.3 is 9.47 Å². The van der Waals surface area contributed by atoms with Gasteiger partial charge in [-0.3, -0.25) is 0 Å². The van der Waals surface area contributed by atoms with E-state index in [0.717, 1.165) is 17.1 Å². The summed E-state index contributed by atoms with van der Waals surface area (Å²) in [5.74, 6) is 0. The van der Waals surface area contributed by atoms with Crippen molar-refractivity contribution in [3.8, 4) is 39.1 Å². The number of hydrogen-bond donors (Lipinski definition) is 0. The minimum atomic E-state index is -0.0808. The van der Waals surface area contributed by atoms with Gasteiger partial charge in [-0.05, 0) is 159 Å². The average molecular weight is 1040 g/mol. The standard InChI is InChI=1S/C78H78N2/c1-74(2,3)56-32-41-69-65(46-56)66-47-57(75(4,5)6)33-42-70(66)80(69)68-40-30-54-27-36-63-67(39-29-53-28-37-64(68)73(54)72(53)63)79(71-48-58(76(7,8)9)31-38-62(71)52-19-17-16-18-20-52)61-34-25-50(26-35-61)49-21-23-51(24-22-49)55-43-59(77(10,11)12)45-60(44-55)78(13,14)15/h16-48H,1-15H3. The predicted octanol–water partition coefficient (Wildman–Crippen LogP) is 22.6. The predicted molar refractivity (Wildman–Crippen MR) is 349 cm³/mol. The topological polar surface area (TPSA) is 8.17 Å². The van der Waals surface area contributed by atoms with Crippen molar-refractivity contribution in [2.75, 3.05) is 4.90 Å². The Kier molecular flexibility index (Phi) is 12.4. The van der Waals surface area contributed by atoms with Crippen molar-refractivity contribution >= 4 is 71.2 Å². The summed E-state index contributed by atoms with van der Waals surface area (Å²) in [6.07, 6.45) is 0. The first-order valence-electron chi connectivity index (χ1n) is 29.0. The molecule has 1 heterocycles. The zero-order chi connectivity index (χ0) is 56.4. The van der Waals surface area contributed by atoms with Crippen LogP contribution in [0.2, 0.25) is 0 Å². The van der Waals surface area contributed by atoms with Gasteiger partial charge in [0.1, 0.15) is 0 Å². The Labute approximate surface area is 476 Å². The van der Waals surface area contributed by atoms with E-state index in [1.165, 1.54) is 121 Å². The Balaban J connectivity index is 1.05. The summed E-state index contributed by atoms with van der Waals surface area (Å²) in [6.45, 7) is 34.7. The molecule has 0 saturated heterocycles. The van der Waals surface area contributed by atoms with Crippen LogP contribution in [0.3, 0.4) is 0 Å². The highest BCUT2D eigenvalue weighted by atomic mass is 15.1. The van der Waals surface area contributed by atoms with E-state index in [1.807, 2.05) is 0 Å². The highest BCUT2D eigenvalue weighted by Crippen LogP contribution is 2.49. The number of nitrogens with zero attached hydrogens (tertiary/aromatic N) is 2. The van der Waals surface area contributed by atoms with Gasteiger partial charge in [0.15, 0.2) is 0 Å². The van der Waals surface area contributed by atoms with Gasteiger partial charge in [0.05, 0.1) is 28.1 Å². The summed E-state index contributed by atoms with van der Waals surface area (Å²) in [7, 11) is 0. The van der Waals surface area contributed by atoms with Crippen LogP contribution in [0.15, 0.2) is 200 Å². The van der Waals surface area contributed by atoms with Crippen LogP contribution in [0, 0.1) is 0 Å². The van der Waals surface area contributed by atoms with Crippen molar-refractivity contribution in [2.24, 2.45) is 0 Å². The molecule has 0 aliphatic rings. The molecular weight excluding hydrogens is 965 g/mol. The Morgan fingerprint density at radius 3 is 1.25 bits per heavy atom. The number of anilines is 3. The summed E-state index contributed by atoms with van der Waals surface area (Å²) in [5, 5.41) is 10.1. The van der Waals surface area contributed by atoms with E-state index in [9.17, 15) is 0 Å². The molecule has 0 N–H and O–H groups in total. The lowest BCUT2D eigenvalue weighted by molar-refractivity contribution is 0.569. The minimum Gasteiger partial charge on any atom is -0.309 e. The third kappa shape index (κ3) is 9.35. The van der Waals surface area contributed by atoms with Crippen LogP contribution in [-0.4, -0.2) is 4.57 Å². The number of fused-ring (bicyclic) bond motifs is 3. The molecule has 0 unspecified atom stereocenters. The van der Waals surface area contributed by atoms with Crippen molar-refractivity contribution in [1.29, 1.82) is 0 Å². The lowest BCUT2D eigenvalue weighted by atomic mass is 9.79. The molecule has 0 radical (unpaired) electrons. The van der Waals surface area contributed by atoms with Crippen LogP contribution in [0.4, 0.5) is 17.1 Å². The van der Waals surface area contributed by atoms with Crippen molar-refractivity contribution in [1.82, 2.24) is 4.57 Å². The molecule has 0 atom stereocenters. The lowest BCUT2D eigenvalue weighted by Crippen LogP contribution is -2.16. The monoisotopic (exact) mass is 1040 g/mol. The Bertz CT molecular complexity index is 4220. The molecule has 0 fully saturated rings. The smallest absolute Gasteiger partial charge is 0.0543 e. The molecule has 0 bridgehead atoms. The number of hydrogen-bond acceptors (Lipinski definition) is 1. The first-order valence-corrected chi connectivity index (χ1v) is 29.0. The van der Waals surface area contributed by atoms with Gasteiger partial charge in [-0.15, -0.1) is 0 Å². The molecule has 400 valence electrons. The molecule has 0 saturated carbocycles. The van der Waals surface area contributed by atoms with E-state index in [-0.39, 0.29) is 27.1 Å². The summed E-state index contributed by atoms with van der Waals surface area (Å²) >= 11 is 0. The van der Waals surface area contributed by atoms with Gasteiger partial charge in [0.2, 0.25) is 0 Å². The van der Waals surface area contributed by atoms with E-state index in [0.29, 0.717) is 0 Å². The van der Waals surface area contributed by atoms with Crippen LogP contribution < -0.4 is 4.90 Å². The number of aromatic nitrogens is 1. The summed E-state index contributed by atoms with van der Waals surface area (Å²) in [4.78, 5) is 2.54. The van der Waals surface area contributed by atoms with Gasteiger partial charge >= 0.3 is 0 Å². The van der Waals surface area contributed by atoms with E-state index in [2.05, 4.69) is 314 Å². The molecular formula is C78H78N2. The highest BCUT2D eigenvalue weighted by molar-refractivity contribution is 6.27. The first-order chi connectivity index (χ1) is 37.8. The lowest BCUT2D eigenvalue weighted by Gasteiger charge is -2.31. The quantitative estimate of drug-likeness (QED) is 0.144. The molecule has 0 spiro atoms. The van der Waals surface area contributed by atoms with Gasteiger partial charge in [0, 0.05) is 32.8 Å². The van der Waals surface area contributed by atoms with E-state index in [4.69, 9.17) is 0 Å². The molecule has 2 nitrogen and oxygen atoms in total. The van der Waals surface area contributed by atoms with Gasteiger partial charge in [-0.25, -0.2) is 0 Å². The van der Waals surface area contributed by atoms with Crippen molar-refractivity contribution < 1.29 is 0 Å². The summed E-state index contributed by atoms with van der Waals surface area (Å²) < 4.78 is 2.54. The van der Waals surface area contributed by atoms with Crippen LogP contribution in [0.1, 0.15) is 132 Å².